The Hall–Kier alpha value is -5.94. The molecule has 5 aromatic carbocycles. The summed E-state index contributed by atoms with van der Waals surface area (Å²) in [7, 11) is 0. The maximum absolute atomic E-state index is 4.98. The van der Waals surface area contributed by atoms with Crippen LogP contribution in [0.2, 0.25) is 0 Å². The van der Waals surface area contributed by atoms with Crippen molar-refractivity contribution in [2.45, 2.75) is 0 Å². The Morgan fingerprint density at radius 2 is 1.07 bits per heavy atom. The van der Waals surface area contributed by atoms with Gasteiger partial charge in [0.1, 0.15) is 5.65 Å². The summed E-state index contributed by atoms with van der Waals surface area (Å²) in [6, 6.07) is 43.4. The van der Waals surface area contributed by atoms with Crippen LogP contribution in [0.25, 0.3) is 82.4 Å². The van der Waals surface area contributed by atoms with Crippen molar-refractivity contribution >= 4 is 71.1 Å². The van der Waals surface area contributed by atoms with Gasteiger partial charge in [-0.05, 0) is 54.6 Å². The highest BCUT2D eigenvalue weighted by Crippen LogP contribution is 2.44. The number of pyridine rings is 2. The summed E-state index contributed by atoms with van der Waals surface area (Å²) in [4.78, 5) is 9.70. The van der Waals surface area contributed by atoms with Gasteiger partial charge in [-0.1, -0.05) is 66.7 Å². The van der Waals surface area contributed by atoms with Gasteiger partial charge in [0.25, 0.3) is 0 Å². The SMILES string of the molecule is c1ccc(-n2c3ccccc3c3c2ccc2c4ccc5c(c6ncccc6c6nccn56)c4n(-c4ccccc4)c23)cc1. The van der Waals surface area contributed by atoms with Crippen LogP contribution in [-0.2, 0) is 0 Å². The minimum atomic E-state index is 0.922. The summed E-state index contributed by atoms with van der Waals surface area (Å²) in [6.45, 7) is 0. The summed E-state index contributed by atoms with van der Waals surface area (Å²) in [5.41, 5.74) is 9.98. The first-order chi connectivity index (χ1) is 21.4. The Balaban J connectivity index is 1.53. The highest BCUT2D eigenvalue weighted by Gasteiger charge is 2.23. The average Bonchev–Trinajstić information content (AvgIpc) is 3.78. The first-order valence-electron chi connectivity index (χ1n) is 14.5. The Labute approximate surface area is 245 Å². The molecule has 0 fully saturated rings. The molecule has 0 unspecified atom stereocenters. The molecule has 0 radical (unpaired) electrons. The first-order valence-corrected chi connectivity index (χ1v) is 14.5. The molecule has 0 saturated carbocycles. The summed E-state index contributed by atoms with van der Waals surface area (Å²) in [5, 5.41) is 7.07. The fourth-order valence-electron chi connectivity index (χ4n) is 7.24. The molecule has 0 atom stereocenters. The minimum Gasteiger partial charge on any atom is -0.309 e. The van der Waals surface area contributed by atoms with E-state index < -0.39 is 0 Å². The third-order valence-corrected chi connectivity index (χ3v) is 8.92. The van der Waals surface area contributed by atoms with Crippen molar-refractivity contribution in [2.75, 3.05) is 0 Å². The molecule has 200 valence electrons. The number of rotatable bonds is 2. The molecular weight excluding hydrogens is 526 g/mol. The lowest BCUT2D eigenvalue weighted by atomic mass is 10.0. The van der Waals surface area contributed by atoms with E-state index in [1.165, 1.54) is 38.1 Å². The van der Waals surface area contributed by atoms with Gasteiger partial charge in [0.05, 0.1) is 33.1 Å². The molecule has 0 saturated heterocycles. The number of benzene rings is 5. The lowest BCUT2D eigenvalue weighted by molar-refractivity contribution is 1.17. The molecular formula is C38H23N5. The van der Waals surface area contributed by atoms with Crippen molar-refractivity contribution in [3.05, 3.63) is 140 Å². The molecule has 43 heavy (non-hydrogen) atoms. The summed E-state index contributed by atoms with van der Waals surface area (Å²) in [6.07, 6.45) is 5.82. The van der Waals surface area contributed by atoms with E-state index in [2.05, 4.69) is 135 Å². The lowest BCUT2D eigenvalue weighted by Crippen LogP contribution is -1.98. The van der Waals surface area contributed by atoms with Gasteiger partial charge in [-0.3, -0.25) is 9.38 Å². The highest BCUT2D eigenvalue weighted by molar-refractivity contribution is 6.31. The number of hydrogen-bond acceptors (Lipinski definition) is 2. The van der Waals surface area contributed by atoms with Crippen molar-refractivity contribution in [2.24, 2.45) is 0 Å². The third kappa shape index (κ3) is 2.90. The fraction of sp³-hybridized carbons (Fsp3) is 0. The number of nitrogens with zero attached hydrogens (tertiary/aromatic N) is 5. The van der Waals surface area contributed by atoms with Crippen LogP contribution in [0.15, 0.2) is 140 Å². The molecule has 10 aromatic rings. The zero-order valence-corrected chi connectivity index (χ0v) is 23.0. The van der Waals surface area contributed by atoms with Crippen LogP contribution in [0.4, 0.5) is 0 Å². The summed E-state index contributed by atoms with van der Waals surface area (Å²) >= 11 is 0. The normalized spacial score (nSPS) is 12.2. The van der Waals surface area contributed by atoms with E-state index in [4.69, 9.17) is 9.97 Å². The Morgan fingerprint density at radius 1 is 0.419 bits per heavy atom. The van der Waals surface area contributed by atoms with Crippen molar-refractivity contribution in [1.82, 2.24) is 23.5 Å². The van der Waals surface area contributed by atoms with Gasteiger partial charge in [0.2, 0.25) is 0 Å². The predicted octanol–water partition coefficient (Wildman–Crippen LogP) is 9.23. The predicted molar refractivity (Wildman–Crippen MR) is 177 cm³/mol. The number of fused-ring (bicyclic) bond motifs is 14. The second kappa shape index (κ2) is 8.30. The standard InChI is InChI=1S/C38H23N5/c1-3-10-24(11-4-1)42-30-16-8-7-14-28(30)33-32(42)20-18-26-27-17-19-31-34(37(27)43(36(26)33)25-12-5-2-6-13-25)35-29(15-9-21-39-35)38-40-22-23-41(31)38/h1-23H. The van der Waals surface area contributed by atoms with Gasteiger partial charge in [0.15, 0.2) is 0 Å². The van der Waals surface area contributed by atoms with Crippen molar-refractivity contribution in [1.29, 1.82) is 0 Å². The van der Waals surface area contributed by atoms with E-state index in [0.717, 1.165) is 44.3 Å². The number of hydrogen-bond donors (Lipinski definition) is 0. The zero-order valence-electron chi connectivity index (χ0n) is 23.0. The van der Waals surface area contributed by atoms with Gasteiger partial charge in [-0.15, -0.1) is 0 Å². The van der Waals surface area contributed by atoms with Crippen LogP contribution < -0.4 is 0 Å². The van der Waals surface area contributed by atoms with E-state index in [9.17, 15) is 0 Å². The van der Waals surface area contributed by atoms with Crippen LogP contribution in [0.1, 0.15) is 0 Å². The van der Waals surface area contributed by atoms with Gasteiger partial charge in [-0.2, -0.15) is 0 Å². The van der Waals surface area contributed by atoms with Gasteiger partial charge in [-0.25, -0.2) is 4.98 Å². The Bertz CT molecular complexity index is 2710. The van der Waals surface area contributed by atoms with Crippen molar-refractivity contribution < 1.29 is 0 Å². The Kier molecular flexibility index (Phi) is 4.39. The Morgan fingerprint density at radius 3 is 1.86 bits per heavy atom. The molecule has 5 heterocycles. The molecule has 10 rings (SSSR count). The maximum Gasteiger partial charge on any atom is 0.146 e. The van der Waals surface area contributed by atoms with E-state index >= 15 is 0 Å². The summed E-state index contributed by atoms with van der Waals surface area (Å²) in [5.74, 6) is 0. The molecule has 0 N–H and O–H groups in total. The van der Waals surface area contributed by atoms with E-state index in [1.54, 1.807) is 0 Å². The molecule has 0 bridgehead atoms. The van der Waals surface area contributed by atoms with Crippen molar-refractivity contribution in [3.8, 4) is 11.4 Å². The van der Waals surface area contributed by atoms with Gasteiger partial charge in [0, 0.05) is 62.3 Å². The van der Waals surface area contributed by atoms with Gasteiger partial charge >= 0.3 is 0 Å². The fourth-order valence-corrected chi connectivity index (χ4v) is 7.24. The number of aromatic nitrogens is 5. The van der Waals surface area contributed by atoms with Crippen LogP contribution in [0, 0.1) is 0 Å². The molecule has 5 aromatic heterocycles. The van der Waals surface area contributed by atoms with Crippen molar-refractivity contribution in [3.63, 3.8) is 0 Å². The van der Waals surface area contributed by atoms with Crippen LogP contribution in [0.3, 0.4) is 0 Å². The molecule has 0 aliphatic heterocycles. The van der Waals surface area contributed by atoms with E-state index in [1.807, 2.05) is 18.5 Å². The highest BCUT2D eigenvalue weighted by atomic mass is 15.0. The minimum absolute atomic E-state index is 0.922. The molecule has 0 aliphatic rings. The van der Waals surface area contributed by atoms with Crippen LogP contribution >= 0.6 is 0 Å². The molecule has 0 aliphatic carbocycles. The smallest absolute Gasteiger partial charge is 0.146 e. The van der Waals surface area contributed by atoms with E-state index in [0.29, 0.717) is 0 Å². The molecule has 0 amide bonds. The molecule has 0 spiro atoms. The average molecular weight is 550 g/mol. The summed E-state index contributed by atoms with van der Waals surface area (Å²) < 4.78 is 7.05. The second-order valence-electron chi connectivity index (χ2n) is 11.1. The third-order valence-electron chi connectivity index (χ3n) is 8.92. The molecule has 5 heteroatoms. The van der Waals surface area contributed by atoms with E-state index in [-0.39, 0.29) is 0 Å². The zero-order chi connectivity index (χ0) is 28.1. The lowest BCUT2D eigenvalue weighted by Gasteiger charge is -2.13. The largest absolute Gasteiger partial charge is 0.309 e. The second-order valence-corrected chi connectivity index (χ2v) is 11.1. The quantitative estimate of drug-likeness (QED) is 0.202. The topological polar surface area (TPSA) is 40.1 Å². The van der Waals surface area contributed by atoms with Gasteiger partial charge < -0.3 is 9.13 Å². The monoisotopic (exact) mass is 549 g/mol. The van der Waals surface area contributed by atoms with Crippen LogP contribution in [-0.4, -0.2) is 23.5 Å². The first kappa shape index (κ1) is 22.7. The number of para-hydroxylation sites is 3. The maximum atomic E-state index is 4.98. The molecule has 5 nitrogen and oxygen atoms in total. The number of imidazole rings is 1. The van der Waals surface area contributed by atoms with Crippen LogP contribution in [0.5, 0.6) is 0 Å².